The summed E-state index contributed by atoms with van der Waals surface area (Å²) in [5, 5.41) is 0.713. The molecule has 0 amide bonds. The van der Waals surface area contributed by atoms with Gasteiger partial charge in [0.1, 0.15) is 5.82 Å². The molecule has 3 rings (SSSR count). The summed E-state index contributed by atoms with van der Waals surface area (Å²) in [6.07, 6.45) is 4.37. The van der Waals surface area contributed by atoms with E-state index >= 15 is 0 Å². The van der Waals surface area contributed by atoms with Gasteiger partial charge in [-0.3, -0.25) is 0 Å². The molecule has 4 heteroatoms. The minimum Gasteiger partial charge on any atom is -0.383 e. The van der Waals surface area contributed by atoms with E-state index in [9.17, 15) is 0 Å². The molecular weight excluding hydrogens is 246 g/mol. The largest absolute Gasteiger partial charge is 0.383 e. The average molecular weight is 260 g/mol. The first kappa shape index (κ1) is 11.5. The number of aromatic nitrogens is 2. The molecule has 2 aromatic rings. The van der Waals surface area contributed by atoms with E-state index in [2.05, 4.69) is 9.97 Å². The molecule has 1 aromatic heterocycles. The van der Waals surface area contributed by atoms with E-state index in [0.29, 0.717) is 16.7 Å². The number of hydrogen-bond acceptors (Lipinski definition) is 3. The van der Waals surface area contributed by atoms with Gasteiger partial charge in [-0.15, -0.1) is 0 Å². The Morgan fingerprint density at radius 1 is 1.00 bits per heavy atom. The first-order chi connectivity index (χ1) is 8.74. The van der Waals surface area contributed by atoms with E-state index in [1.165, 1.54) is 12.8 Å². The SMILES string of the molecule is Nc1nc(-c2ccc(Cl)cc2)nc2c1CCCC2. The molecule has 0 aliphatic heterocycles. The molecule has 0 unspecified atom stereocenters. The maximum Gasteiger partial charge on any atom is 0.161 e. The van der Waals surface area contributed by atoms with Crippen molar-refractivity contribution in [2.45, 2.75) is 25.7 Å². The van der Waals surface area contributed by atoms with E-state index in [4.69, 9.17) is 17.3 Å². The highest BCUT2D eigenvalue weighted by molar-refractivity contribution is 6.30. The van der Waals surface area contributed by atoms with Crippen LogP contribution in [0.5, 0.6) is 0 Å². The number of aryl methyl sites for hydroxylation is 1. The Bertz CT molecular complexity index is 578. The van der Waals surface area contributed by atoms with Crippen molar-refractivity contribution in [3.05, 3.63) is 40.5 Å². The Morgan fingerprint density at radius 2 is 1.72 bits per heavy atom. The van der Waals surface area contributed by atoms with Crippen molar-refractivity contribution in [2.24, 2.45) is 0 Å². The van der Waals surface area contributed by atoms with Crippen LogP contribution >= 0.6 is 11.6 Å². The van der Waals surface area contributed by atoms with Crippen molar-refractivity contribution in [1.82, 2.24) is 9.97 Å². The summed E-state index contributed by atoms with van der Waals surface area (Å²) in [6, 6.07) is 7.53. The summed E-state index contributed by atoms with van der Waals surface area (Å²) in [5.74, 6) is 1.33. The topological polar surface area (TPSA) is 51.8 Å². The second kappa shape index (κ2) is 4.58. The Morgan fingerprint density at radius 3 is 2.50 bits per heavy atom. The second-order valence-corrected chi connectivity index (χ2v) is 5.01. The van der Waals surface area contributed by atoms with Crippen molar-refractivity contribution in [2.75, 3.05) is 5.73 Å². The molecular formula is C14H14ClN3. The van der Waals surface area contributed by atoms with E-state index in [0.717, 1.165) is 29.7 Å². The molecule has 0 spiro atoms. The summed E-state index contributed by atoms with van der Waals surface area (Å²) in [6.45, 7) is 0. The first-order valence-electron chi connectivity index (χ1n) is 6.15. The van der Waals surface area contributed by atoms with Gasteiger partial charge < -0.3 is 5.73 Å². The van der Waals surface area contributed by atoms with Gasteiger partial charge in [-0.2, -0.15) is 0 Å². The van der Waals surface area contributed by atoms with Crippen LogP contribution < -0.4 is 5.73 Å². The van der Waals surface area contributed by atoms with Gasteiger partial charge in [-0.25, -0.2) is 9.97 Å². The monoisotopic (exact) mass is 259 g/mol. The number of nitrogens with zero attached hydrogens (tertiary/aromatic N) is 2. The summed E-state index contributed by atoms with van der Waals surface area (Å²) in [5.41, 5.74) is 9.24. The Kier molecular flexibility index (Phi) is 2.92. The number of rotatable bonds is 1. The third-order valence-electron chi connectivity index (χ3n) is 3.32. The molecule has 0 atom stereocenters. The third kappa shape index (κ3) is 2.06. The van der Waals surface area contributed by atoms with E-state index in [1.54, 1.807) is 0 Å². The van der Waals surface area contributed by atoms with Gasteiger partial charge in [-0.1, -0.05) is 11.6 Å². The zero-order valence-corrected chi connectivity index (χ0v) is 10.7. The number of benzene rings is 1. The highest BCUT2D eigenvalue weighted by Crippen LogP contribution is 2.27. The van der Waals surface area contributed by atoms with Gasteiger partial charge in [0.05, 0.1) is 0 Å². The molecule has 92 valence electrons. The predicted molar refractivity (Wildman–Crippen MR) is 73.5 cm³/mol. The zero-order chi connectivity index (χ0) is 12.5. The second-order valence-electron chi connectivity index (χ2n) is 4.57. The molecule has 2 N–H and O–H groups in total. The summed E-state index contributed by atoms with van der Waals surface area (Å²) >= 11 is 5.88. The molecule has 1 aliphatic carbocycles. The lowest BCUT2D eigenvalue weighted by Crippen LogP contribution is -2.11. The number of anilines is 1. The zero-order valence-electron chi connectivity index (χ0n) is 9.99. The number of nitrogens with two attached hydrogens (primary N) is 1. The van der Waals surface area contributed by atoms with Gasteiger partial charge in [-0.05, 0) is 49.9 Å². The highest BCUT2D eigenvalue weighted by Gasteiger charge is 2.16. The molecule has 3 nitrogen and oxygen atoms in total. The fourth-order valence-corrected chi connectivity index (χ4v) is 2.48. The number of halogens is 1. The van der Waals surface area contributed by atoms with Crippen LogP contribution in [0.4, 0.5) is 5.82 Å². The van der Waals surface area contributed by atoms with Crippen LogP contribution in [0.3, 0.4) is 0 Å². The maximum absolute atomic E-state index is 6.03. The van der Waals surface area contributed by atoms with Gasteiger partial charge >= 0.3 is 0 Å². The maximum atomic E-state index is 6.03. The third-order valence-corrected chi connectivity index (χ3v) is 3.57. The van der Waals surface area contributed by atoms with Gasteiger partial charge in [0.15, 0.2) is 5.82 Å². The molecule has 1 heterocycles. The number of nitrogen functional groups attached to an aromatic ring is 1. The van der Waals surface area contributed by atoms with Crippen molar-refractivity contribution < 1.29 is 0 Å². The molecule has 1 aromatic carbocycles. The van der Waals surface area contributed by atoms with E-state index < -0.39 is 0 Å². The van der Waals surface area contributed by atoms with Gasteiger partial charge in [0.2, 0.25) is 0 Å². The Labute approximate surface area is 111 Å². The van der Waals surface area contributed by atoms with E-state index in [-0.39, 0.29) is 0 Å². The summed E-state index contributed by atoms with van der Waals surface area (Å²) in [4.78, 5) is 9.05. The number of hydrogen-bond donors (Lipinski definition) is 1. The molecule has 18 heavy (non-hydrogen) atoms. The lowest BCUT2D eigenvalue weighted by Gasteiger charge is -2.17. The molecule has 0 fully saturated rings. The Hall–Kier alpha value is -1.61. The fraction of sp³-hybridized carbons (Fsp3) is 0.286. The minimum absolute atomic E-state index is 0.629. The molecule has 0 saturated carbocycles. The summed E-state index contributed by atoms with van der Waals surface area (Å²) < 4.78 is 0. The van der Waals surface area contributed by atoms with E-state index in [1.807, 2.05) is 24.3 Å². The fourth-order valence-electron chi connectivity index (χ4n) is 2.35. The molecule has 0 radical (unpaired) electrons. The normalized spacial score (nSPS) is 14.3. The van der Waals surface area contributed by atoms with Crippen LogP contribution in [0.1, 0.15) is 24.1 Å². The Balaban J connectivity index is 2.08. The lowest BCUT2D eigenvalue weighted by atomic mass is 9.96. The number of fused-ring (bicyclic) bond motifs is 1. The van der Waals surface area contributed by atoms with Crippen molar-refractivity contribution in [3.8, 4) is 11.4 Å². The molecule has 1 aliphatic rings. The van der Waals surface area contributed by atoms with Crippen LogP contribution in [0.2, 0.25) is 5.02 Å². The predicted octanol–water partition coefficient (Wildman–Crippen LogP) is 3.26. The quantitative estimate of drug-likeness (QED) is 0.855. The van der Waals surface area contributed by atoms with Crippen LogP contribution in [0.15, 0.2) is 24.3 Å². The van der Waals surface area contributed by atoms with Crippen molar-refractivity contribution in [1.29, 1.82) is 0 Å². The lowest BCUT2D eigenvalue weighted by molar-refractivity contribution is 0.666. The van der Waals surface area contributed by atoms with Gasteiger partial charge in [0.25, 0.3) is 0 Å². The average Bonchev–Trinajstić information content (AvgIpc) is 2.39. The highest BCUT2D eigenvalue weighted by atomic mass is 35.5. The minimum atomic E-state index is 0.629. The van der Waals surface area contributed by atoms with Crippen LogP contribution in [0.25, 0.3) is 11.4 Å². The molecule has 0 saturated heterocycles. The molecule has 0 bridgehead atoms. The van der Waals surface area contributed by atoms with Crippen molar-refractivity contribution in [3.63, 3.8) is 0 Å². The first-order valence-corrected chi connectivity index (χ1v) is 6.53. The van der Waals surface area contributed by atoms with Crippen LogP contribution in [0, 0.1) is 0 Å². The smallest absolute Gasteiger partial charge is 0.161 e. The standard InChI is InChI=1S/C14H14ClN3/c15-10-7-5-9(6-8-10)14-17-12-4-2-1-3-11(12)13(16)18-14/h5-8H,1-4H2,(H2,16,17,18). The van der Waals surface area contributed by atoms with Gasteiger partial charge in [0, 0.05) is 21.8 Å². The van der Waals surface area contributed by atoms with Crippen LogP contribution in [-0.2, 0) is 12.8 Å². The van der Waals surface area contributed by atoms with Crippen LogP contribution in [-0.4, -0.2) is 9.97 Å². The van der Waals surface area contributed by atoms with Crippen molar-refractivity contribution >= 4 is 17.4 Å². The summed E-state index contributed by atoms with van der Waals surface area (Å²) in [7, 11) is 0.